The molecule has 6 N–H and O–H groups in total. The summed E-state index contributed by atoms with van der Waals surface area (Å²) in [5.74, 6) is -10.4. The molecule has 0 bridgehead atoms. The molecule has 0 radical (unpaired) electrons. The summed E-state index contributed by atoms with van der Waals surface area (Å²) in [6.07, 6.45) is 3.99. The number of morpholine rings is 1. The van der Waals surface area contributed by atoms with Gasteiger partial charge in [0, 0.05) is 82.5 Å². The van der Waals surface area contributed by atoms with Crippen LogP contribution < -0.4 is 26.7 Å². The molecular formula is C70H127N13O15. The highest BCUT2D eigenvalue weighted by Crippen LogP contribution is 2.30. The van der Waals surface area contributed by atoms with Crippen molar-refractivity contribution in [1.82, 2.24) is 65.9 Å². The van der Waals surface area contributed by atoms with E-state index in [1.807, 2.05) is 67.5 Å². The summed E-state index contributed by atoms with van der Waals surface area (Å²) < 4.78 is 17.6. The summed E-state index contributed by atoms with van der Waals surface area (Å²) in [6.45, 7) is 32.1. The van der Waals surface area contributed by atoms with Gasteiger partial charge >= 0.3 is 0 Å². The molecule has 28 heteroatoms. The standard InChI is InChI=1S/C70H127N13O15/c1-26-28-29-47(13)39-70(75-95)68(94)73-50(27-2)62(88)80(22)55(41-98-35-32-83-30-33-97-34-31-83)65(91)79(21)54(40-69(16,17)96-25)60(86)74-56(45(9)10)66(92)76(18)51(36-42(3)4)59(85)71-48(14)58(84)72-49(15)61(87)77(19)52(37-43(5)6)63(89)78(20)53(38-44(7)8)64(90)81(23)57(46(11)12)67(93)82(70)24/h26,28,42-57,75,95H,27,29-41H2,1-25H3,(H,71,85)(H,72,84)(H,73,94)(H,74,86)/b28-26+/t47-,48-,49+,50-,51-,52+,53+,54+,55-,56-,57-,70+/m1/s1. The highest BCUT2D eigenvalue weighted by atomic mass is 16.5. The fourth-order valence-electron chi connectivity index (χ4n) is 12.5. The molecule has 2 aliphatic heterocycles. The minimum absolute atomic E-state index is 0.0764. The van der Waals surface area contributed by atoms with Crippen LogP contribution in [0.2, 0.25) is 0 Å². The van der Waals surface area contributed by atoms with E-state index in [4.69, 9.17) is 14.2 Å². The second kappa shape index (κ2) is 40.2. The highest BCUT2D eigenvalue weighted by Gasteiger charge is 2.51. The fourth-order valence-corrected chi connectivity index (χ4v) is 12.5. The van der Waals surface area contributed by atoms with Gasteiger partial charge in [-0.1, -0.05) is 95.2 Å². The Labute approximate surface area is 585 Å². The van der Waals surface area contributed by atoms with Gasteiger partial charge in [-0.3, -0.25) is 57.6 Å². The number of likely N-dealkylation sites (N-methyl/N-ethyl adjacent to an activating group) is 7. The zero-order valence-electron chi connectivity index (χ0n) is 64.0. The molecule has 562 valence electrons. The normalized spacial score (nSPS) is 27.4. The van der Waals surface area contributed by atoms with E-state index in [1.165, 1.54) is 94.8 Å². The smallest absolute Gasteiger partial charge is 0.263 e. The fraction of sp³-hybridized carbons (Fsp3) is 0.814. The predicted octanol–water partition coefficient (Wildman–Crippen LogP) is 3.09. The minimum Gasteiger partial charge on any atom is -0.379 e. The summed E-state index contributed by atoms with van der Waals surface area (Å²) in [4.78, 5) is 176. The Hall–Kier alpha value is -6.33. The second-order valence-electron chi connectivity index (χ2n) is 29.7. The van der Waals surface area contributed by atoms with Crippen LogP contribution in [0.25, 0.3) is 0 Å². The van der Waals surface area contributed by atoms with Gasteiger partial charge in [0.1, 0.15) is 60.4 Å². The van der Waals surface area contributed by atoms with Crippen LogP contribution in [-0.4, -0.2) is 284 Å². The Morgan fingerprint density at radius 3 is 1.55 bits per heavy atom. The Bertz CT molecular complexity index is 2690. The molecule has 0 aromatic heterocycles. The molecular weight excluding hydrogens is 1260 g/mol. The first-order valence-corrected chi connectivity index (χ1v) is 35.1. The number of allylic oxidation sites excluding steroid dienone is 2. The van der Waals surface area contributed by atoms with Gasteiger partial charge < -0.3 is 75.0 Å². The van der Waals surface area contributed by atoms with Crippen molar-refractivity contribution in [2.75, 3.05) is 103 Å². The third-order valence-corrected chi connectivity index (χ3v) is 19.0. The first-order valence-electron chi connectivity index (χ1n) is 35.1. The zero-order chi connectivity index (χ0) is 75.2. The van der Waals surface area contributed by atoms with Crippen molar-refractivity contribution in [2.24, 2.45) is 35.5 Å². The van der Waals surface area contributed by atoms with E-state index in [9.17, 15) is 24.4 Å². The van der Waals surface area contributed by atoms with Crippen molar-refractivity contribution in [2.45, 2.75) is 234 Å². The number of ether oxygens (including phenoxy) is 3. The maximum atomic E-state index is 15.6. The molecule has 0 unspecified atom stereocenters. The van der Waals surface area contributed by atoms with Crippen LogP contribution in [0.15, 0.2) is 12.2 Å². The van der Waals surface area contributed by atoms with Crippen LogP contribution in [0.4, 0.5) is 0 Å². The van der Waals surface area contributed by atoms with Gasteiger partial charge in [-0.05, 0) is 109 Å². The van der Waals surface area contributed by atoms with Crippen molar-refractivity contribution < 1.29 is 72.2 Å². The van der Waals surface area contributed by atoms with E-state index in [1.54, 1.807) is 48.5 Å². The quantitative estimate of drug-likeness (QED) is 0.0515. The van der Waals surface area contributed by atoms with E-state index < -0.39 is 154 Å². The van der Waals surface area contributed by atoms with Gasteiger partial charge in [-0.25, -0.2) is 0 Å². The van der Waals surface area contributed by atoms with Crippen molar-refractivity contribution in [3.8, 4) is 0 Å². The maximum Gasteiger partial charge on any atom is 0.263 e. The van der Waals surface area contributed by atoms with Gasteiger partial charge in [0.15, 0.2) is 5.66 Å². The molecule has 11 amide bonds. The van der Waals surface area contributed by atoms with Crippen molar-refractivity contribution in [1.29, 1.82) is 0 Å². The van der Waals surface area contributed by atoms with E-state index in [-0.39, 0.29) is 69.5 Å². The molecule has 0 saturated carbocycles. The third kappa shape index (κ3) is 24.2. The summed E-state index contributed by atoms with van der Waals surface area (Å²) >= 11 is 0. The molecule has 28 nitrogen and oxygen atoms in total. The van der Waals surface area contributed by atoms with Gasteiger partial charge in [0.25, 0.3) is 5.91 Å². The van der Waals surface area contributed by atoms with Gasteiger partial charge in [0.2, 0.25) is 59.1 Å². The van der Waals surface area contributed by atoms with Crippen molar-refractivity contribution in [3.63, 3.8) is 0 Å². The number of hydrogen-bond donors (Lipinski definition) is 6. The number of carbonyl (C=O) groups is 11. The molecule has 98 heavy (non-hydrogen) atoms. The lowest BCUT2D eigenvalue weighted by molar-refractivity contribution is -0.167. The van der Waals surface area contributed by atoms with Crippen molar-refractivity contribution >= 4 is 65.0 Å². The number of nitrogens with zero attached hydrogens (tertiary/aromatic N) is 8. The molecule has 0 spiro atoms. The molecule has 2 fully saturated rings. The Morgan fingerprint density at radius 1 is 0.592 bits per heavy atom. The number of nitrogens with one attached hydrogen (secondary N) is 5. The zero-order valence-corrected chi connectivity index (χ0v) is 64.0. The van der Waals surface area contributed by atoms with E-state index in [0.29, 0.717) is 39.3 Å². The Morgan fingerprint density at radius 2 is 1.06 bits per heavy atom. The average molecular weight is 1390 g/mol. The lowest BCUT2D eigenvalue weighted by Crippen LogP contribution is -2.71. The molecule has 0 aromatic carbocycles. The van der Waals surface area contributed by atoms with Gasteiger partial charge in [0.05, 0.1) is 32.0 Å². The monoisotopic (exact) mass is 1390 g/mol. The number of carbonyl (C=O) groups excluding carboxylic acids is 11. The number of hydroxylamine groups is 1. The highest BCUT2D eigenvalue weighted by molar-refractivity contribution is 6.00. The van der Waals surface area contributed by atoms with Crippen LogP contribution in [0.5, 0.6) is 0 Å². The minimum atomic E-state index is -2.34. The topological polar surface area (TPSA) is 322 Å². The molecule has 0 aliphatic carbocycles. The molecule has 0 aromatic rings. The third-order valence-electron chi connectivity index (χ3n) is 19.0. The lowest BCUT2D eigenvalue weighted by atomic mass is 9.89. The van der Waals surface area contributed by atoms with Crippen LogP contribution in [-0.2, 0) is 67.0 Å². The van der Waals surface area contributed by atoms with Gasteiger partial charge in [-0.2, -0.15) is 5.48 Å². The Kier molecular flexibility index (Phi) is 36.0. The summed E-state index contributed by atoms with van der Waals surface area (Å²) in [5.41, 5.74) is -1.24. The molecule has 12 atom stereocenters. The molecule has 2 heterocycles. The maximum absolute atomic E-state index is 15.6. The first kappa shape index (κ1) is 87.8. The summed E-state index contributed by atoms with van der Waals surface area (Å²) in [5, 5.41) is 22.7. The van der Waals surface area contributed by atoms with Crippen LogP contribution in [0, 0.1) is 35.5 Å². The number of methoxy groups -OCH3 is 1. The molecule has 2 rings (SSSR count). The second-order valence-corrected chi connectivity index (χ2v) is 29.7. The largest absolute Gasteiger partial charge is 0.379 e. The van der Waals surface area contributed by atoms with Crippen molar-refractivity contribution in [3.05, 3.63) is 12.2 Å². The van der Waals surface area contributed by atoms with Crippen LogP contribution >= 0.6 is 0 Å². The predicted molar refractivity (Wildman–Crippen MR) is 374 cm³/mol. The van der Waals surface area contributed by atoms with E-state index >= 15 is 33.6 Å². The average Bonchev–Trinajstić information content (AvgIpc) is 0.779. The summed E-state index contributed by atoms with van der Waals surface area (Å²) in [6, 6.07) is -13.0. The van der Waals surface area contributed by atoms with Crippen LogP contribution in [0.3, 0.4) is 0 Å². The number of amides is 11. The molecule has 2 aliphatic rings. The SMILES string of the molecule is C/C=C/C[C@@H](C)C[C@@]1(NO)C(=O)N[C@H](CC)C(=O)N(C)[C@H](COCCN2CCOCC2)C(=O)N(C)[C@@H](CC(C)(C)OC)C(=O)N[C@H](C(C)C)C(=O)N(C)[C@H](CC(C)C)C(=O)N[C@H](C)C(=O)N[C@@H](C)C(=O)N(C)[C@@H](CC(C)C)C(=O)N(C)[C@@H](CC(C)C)C(=O)N(C)[C@H](C(C)C)C(=O)N1C. The van der Waals surface area contributed by atoms with Gasteiger partial charge in [-0.15, -0.1) is 0 Å². The Balaban J connectivity index is 3.18. The first-order chi connectivity index (χ1) is 45.5. The summed E-state index contributed by atoms with van der Waals surface area (Å²) in [7, 11) is 11.3. The van der Waals surface area contributed by atoms with E-state index in [0.717, 1.165) is 9.80 Å². The van der Waals surface area contributed by atoms with E-state index in [2.05, 4.69) is 31.6 Å². The number of rotatable bonds is 22. The number of hydrogen-bond acceptors (Lipinski definition) is 17. The lowest BCUT2D eigenvalue weighted by Gasteiger charge is -2.45. The molecule has 2 saturated heterocycles. The van der Waals surface area contributed by atoms with Crippen LogP contribution in [0.1, 0.15) is 163 Å².